The summed E-state index contributed by atoms with van der Waals surface area (Å²) >= 11 is 0. The molecule has 0 aliphatic rings. The average molecular weight is 198 g/mol. The van der Waals surface area contributed by atoms with Gasteiger partial charge in [-0.25, -0.2) is 4.79 Å². The van der Waals surface area contributed by atoms with E-state index < -0.39 is 5.97 Å². The summed E-state index contributed by atoms with van der Waals surface area (Å²) in [5, 5.41) is 20.6. The molecule has 0 atom stereocenters. The van der Waals surface area contributed by atoms with Crippen molar-refractivity contribution in [2.75, 3.05) is 0 Å². The molecule has 14 heavy (non-hydrogen) atoms. The van der Waals surface area contributed by atoms with Gasteiger partial charge in [0, 0.05) is 0 Å². The van der Waals surface area contributed by atoms with E-state index in [1.165, 1.54) is 5.56 Å². The summed E-state index contributed by atoms with van der Waals surface area (Å²) in [5.41, 5.74) is 1.51. The molecule has 0 amide bonds. The van der Waals surface area contributed by atoms with Gasteiger partial charge in [0.25, 0.3) is 0 Å². The predicted molar refractivity (Wildman–Crippen MR) is 52.7 cm³/mol. The lowest BCUT2D eigenvalue weighted by atomic mass is 10.0. The average Bonchev–Trinajstić information content (AvgIpc) is 2.21. The highest BCUT2D eigenvalue weighted by atomic mass is 17.0. The maximum atomic E-state index is 10.5. The molecule has 0 saturated carbocycles. The van der Waals surface area contributed by atoms with Crippen LogP contribution in [-0.4, -0.2) is 21.6 Å². The Hall–Kier alpha value is -1.39. The van der Waals surface area contributed by atoms with E-state index >= 15 is 0 Å². The molecule has 0 aromatic heterocycles. The summed E-state index contributed by atoms with van der Waals surface area (Å²) in [6, 6.07) is 6.98. The topological polar surface area (TPSA) is 77.8 Å². The maximum absolute atomic E-state index is 10.5. The molecule has 1 aromatic rings. The second-order valence-corrected chi connectivity index (χ2v) is 3.08. The highest BCUT2D eigenvalue weighted by Gasteiger charge is 2.02. The number of carboxylic acid groups (broad SMARTS) is 1. The first-order valence-corrected chi connectivity index (χ1v) is 4.14. The lowest BCUT2D eigenvalue weighted by Crippen LogP contribution is -1.96. The van der Waals surface area contributed by atoms with E-state index in [0.717, 1.165) is 0 Å². The van der Waals surface area contributed by atoms with Crippen molar-refractivity contribution >= 4 is 5.97 Å². The number of rotatable bonds is 2. The zero-order valence-electron chi connectivity index (χ0n) is 8.14. The smallest absolute Gasteiger partial charge is 0.335 e. The molecule has 4 nitrogen and oxygen atoms in total. The molecule has 3 N–H and O–H groups in total. The van der Waals surface area contributed by atoms with Crippen LogP contribution in [0.5, 0.6) is 0 Å². The van der Waals surface area contributed by atoms with E-state index in [1.54, 1.807) is 12.1 Å². The Morgan fingerprint density at radius 3 is 1.86 bits per heavy atom. The molecule has 0 heterocycles. The maximum Gasteiger partial charge on any atom is 0.335 e. The normalized spacial score (nSPS) is 9.21. The summed E-state index contributed by atoms with van der Waals surface area (Å²) in [6.45, 7) is 4.16. The van der Waals surface area contributed by atoms with Crippen LogP contribution in [0.1, 0.15) is 35.7 Å². The van der Waals surface area contributed by atoms with Crippen LogP contribution in [0, 0.1) is 0 Å². The minimum Gasteiger partial charge on any atom is -0.478 e. The van der Waals surface area contributed by atoms with Crippen LogP contribution in [0.4, 0.5) is 0 Å². The lowest BCUT2D eigenvalue weighted by Gasteiger charge is -2.04. The highest BCUT2D eigenvalue weighted by molar-refractivity contribution is 5.87. The van der Waals surface area contributed by atoms with Crippen LogP contribution in [0.15, 0.2) is 24.3 Å². The van der Waals surface area contributed by atoms with Gasteiger partial charge in [0.2, 0.25) is 0 Å². The molecule has 0 fully saturated rings. The molecule has 0 unspecified atom stereocenters. The van der Waals surface area contributed by atoms with Gasteiger partial charge >= 0.3 is 5.97 Å². The monoisotopic (exact) mass is 198 g/mol. The third kappa shape index (κ3) is 3.55. The first-order chi connectivity index (χ1) is 6.61. The molecule has 1 aromatic carbocycles. The fourth-order valence-electron chi connectivity index (χ4n) is 1.01. The molecule has 0 aliphatic heterocycles. The predicted octanol–water partition coefficient (Wildman–Crippen LogP) is 2.53. The Balaban J connectivity index is 0.000000791. The molecule has 1 rings (SSSR count). The summed E-state index contributed by atoms with van der Waals surface area (Å²) in [4.78, 5) is 10.5. The number of hydrogen-bond donors (Lipinski definition) is 3. The summed E-state index contributed by atoms with van der Waals surface area (Å²) < 4.78 is 0. The largest absolute Gasteiger partial charge is 0.478 e. The molecule has 0 radical (unpaired) electrons. The fourth-order valence-corrected chi connectivity index (χ4v) is 1.01. The van der Waals surface area contributed by atoms with Gasteiger partial charge in [-0.1, -0.05) is 26.0 Å². The van der Waals surface area contributed by atoms with Crippen molar-refractivity contribution in [1.29, 1.82) is 0 Å². The van der Waals surface area contributed by atoms with Crippen molar-refractivity contribution < 1.29 is 20.4 Å². The highest BCUT2D eigenvalue weighted by Crippen LogP contribution is 2.14. The molecule has 0 aliphatic carbocycles. The molecular weight excluding hydrogens is 184 g/mol. The Labute approximate surface area is 82.4 Å². The quantitative estimate of drug-likeness (QED) is 0.504. The van der Waals surface area contributed by atoms with Crippen molar-refractivity contribution in [2.45, 2.75) is 19.8 Å². The minimum absolute atomic E-state index is 0.347. The van der Waals surface area contributed by atoms with Gasteiger partial charge in [-0.15, -0.1) is 0 Å². The molecule has 78 valence electrons. The molecule has 4 heteroatoms. The van der Waals surface area contributed by atoms with Gasteiger partial charge in [0.15, 0.2) is 0 Å². The Bertz CT molecular complexity index is 277. The van der Waals surface area contributed by atoms with E-state index in [9.17, 15) is 4.79 Å². The van der Waals surface area contributed by atoms with Crippen LogP contribution in [0.2, 0.25) is 0 Å². The van der Waals surface area contributed by atoms with Crippen LogP contribution >= 0.6 is 0 Å². The van der Waals surface area contributed by atoms with Crippen LogP contribution in [-0.2, 0) is 0 Å². The third-order valence-electron chi connectivity index (χ3n) is 1.82. The fraction of sp³-hybridized carbons (Fsp3) is 0.300. The van der Waals surface area contributed by atoms with Gasteiger partial charge in [0.1, 0.15) is 0 Å². The second kappa shape index (κ2) is 6.12. The van der Waals surface area contributed by atoms with Gasteiger partial charge < -0.3 is 5.11 Å². The summed E-state index contributed by atoms with van der Waals surface area (Å²) in [7, 11) is 0. The third-order valence-corrected chi connectivity index (χ3v) is 1.82. The van der Waals surface area contributed by atoms with E-state index in [0.29, 0.717) is 11.5 Å². The number of carbonyl (C=O) groups is 1. The van der Waals surface area contributed by atoms with Gasteiger partial charge in [0.05, 0.1) is 5.56 Å². The molecular formula is C10H14O4. The Kier molecular flexibility index (Phi) is 5.52. The van der Waals surface area contributed by atoms with Gasteiger partial charge in [-0.2, -0.15) is 0 Å². The Morgan fingerprint density at radius 2 is 1.57 bits per heavy atom. The summed E-state index contributed by atoms with van der Waals surface area (Å²) in [6.07, 6.45) is 0. The number of hydrogen-bond acceptors (Lipinski definition) is 3. The van der Waals surface area contributed by atoms with Crippen LogP contribution in [0.3, 0.4) is 0 Å². The molecule has 0 saturated heterocycles. The Morgan fingerprint density at radius 1 is 1.14 bits per heavy atom. The summed E-state index contributed by atoms with van der Waals surface area (Å²) in [5.74, 6) is -0.418. The first kappa shape index (κ1) is 12.6. The molecule has 0 spiro atoms. The SMILES string of the molecule is CC(C)c1ccc(C(=O)O)cc1.OO. The molecule has 0 bridgehead atoms. The minimum atomic E-state index is -0.870. The van der Waals surface area contributed by atoms with E-state index in [-0.39, 0.29) is 0 Å². The van der Waals surface area contributed by atoms with Crippen molar-refractivity contribution in [2.24, 2.45) is 0 Å². The van der Waals surface area contributed by atoms with Gasteiger partial charge in [-0.05, 0) is 23.6 Å². The van der Waals surface area contributed by atoms with E-state index in [1.807, 2.05) is 12.1 Å². The first-order valence-electron chi connectivity index (χ1n) is 4.14. The van der Waals surface area contributed by atoms with Crippen LogP contribution < -0.4 is 0 Å². The van der Waals surface area contributed by atoms with Crippen LogP contribution in [0.25, 0.3) is 0 Å². The van der Waals surface area contributed by atoms with Crippen molar-refractivity contribution in [3.8, 4) is 0 Å². The van der Waals surface area contributed by atoms with Crippen molar-refractivity contribution in [1.82, 2.24) is 0 Å². The standard InChI is InChI=1S/C10H12O2.H2O2/c1-7(2)8-3-5-9(6-4-8)10(11)12;1-2/h3-7H,1-2H3,(H,11,12);1-2H. The van der Waals surface area contributed by atoms with Crippen molar-refractivity contribution in [3.63, 3.8) is 0 Å². The van der Waals surface area contributed by atoms with E-state index in [2.05, 4.69) is 13.8 Å². The zero-order chi connectivity index (χ0) is 11.1. The number of benzene rings is 1. The van der Waals surface area contributed by atoms with Crippen molar-refractivity contribution in [3.05, 3.63) is 35.4 Å². The second-order valence-electron chi connectivity index (χ2n) is 3.08. The van der Waals surface area contributed by atoms with Gasteiger partial charge in [-0.3, -0.25) is 10.5 Å². The number of carboxylic acids is 1. The zero-order valence-corrected chi connectivity index (χ0v) is 8.14. The number of aromatic carboxylic acids is 1. The van der Waals surface area contributed by atoms with E-state index in [4.69, 9.17) is 15.6 Å². The lowest BCUT2D eigenvalue weighted by molar-refractivity contribution is -0.176.